The van der Waals surface area contributed by atoms with Gasteiger partial charge in [0.25, 0.3) is 0 Å². The van der Waals surface area contributed by atoms with Crippen LogP contribution in [0.4, 0.5) is 22.7 Å². The highest BCUT2D eigenvalue weighted by atomic mass is 35.5. The Morgan fingerprint density at radius 2 is 0.577 bits per heavy atom. The molecule has 142 heavy (non-hydrogen) atoms. The van der Waals surface area contributed by atoms with Crippen LogP contribution < -0.4 is 54.4 Å². The Hall–Kier alpha value is -7.26. The fourth-order valence-electron chi connectivity index (χ4n) is 14.0. The lowest BCUT2D eigenvalue weighted by atomic mass is 9.83. The molecule has 0 saturated carbocycles. The van der Waals surface area contributed by atoms with E-state index < -0.39 is 70.0 Å². The number of thioether (sulfide) groups is 1. The Bertz CT molecular complexity index is 4870. The van der Waals surface area contributed by atoms with Crippen LogP contribution in [0.2, 0.25) is 75.5 Å². The van der Waals surface area contributed by atoms with Crippen LogP contribution in [0.3, 0.4) is 0 Å². The van der Waals surface area contributed by atoms with Crippen LogP contribution in [0, 0.1) is 0 Å². The molecular weight excluding hydrogens is 2000 g/mol. The van der Waals surface area contributed by atoms with Crippen molar-refractivity contribution in [2.75, 3.05) is 192 Å². The van der Waals surface area contributed by atoms with Crippen molar-refractivity contribution in [2.24, 2.45) is 0 Å². The third kappa shape index (κ3) is 47.7. The van der Waals surface area contributed by atoms with Crippen molar-refractivity contribution in [1.29, 1.82) is 0 Å². The third-order valence-corrected chi connectivity index (χ3v) is 44.7. The van der Waals surface area contributed by atoms with E-state index in [0.717, 1.165) is 99.3 Å². The first-order valence-electron chi connectivity index (χ1n) is 47.8. The number of thiol groups is 1. The van der Waals surface area contributed by atoms with E-state index in [9.17, 15) is 0 Å². The normalized spacial score (nSPS) is 12.3. The summed E-state index contributed by atoms with van der Waals surface area (Å²) >= 11 is 6.17. The van der Waals surface area contributed by atoms with Crippen LogP contribution in [0.25, 0.3) is 22.3 Å². The van der Waals surface area contributed by atoms with Gasteiger partial charge in [0, 0.05) is 189 Å². The van der Waals surface area contributed by atoms with Gasteiger partial charge in [-0.05, 0) is 276 Å². The molecule has 2 aliphatic carbocycles. The van der Waals surface area contributed by atoms with Gasteiger partial charge >= 0.3 is 70.0 Å². The number of fused-ring (bicyclic) bond motifs is 2. The van der Waals surface area contributed by atoms with Gasteiger partial charge in [-0.2, -0.15) is 24.4 Å². The fraction of sp³-hybridized carbons (Fsp3) is 0.444. The van der Waals surface area contributed by atoms with Crippen molar-refractivity contribution < 1.29 is 106 Å². The molecule has 10 rings (SSSR count). The van der Waals surface area contributed by atoms with E-state index >= 15 is 0 Å². The Kier molecular flexibility index (Phi) is 70.0. The van der Waals surface area contributed by atoms with Crippen molar-refractivity contribution in [2.45, 2.75) is 148 Å². The zero-order valence-electron chi connectivity index (χ0n) is 90.7. The molecule has 0 unspecified atom stereocenters. The van der Waals surface area contributed by atoms with E-state index in [1.807, 2.05) is 44.0 Å². The molecule has 8 aromatic carbocycles. The predicted molar refractivity (Wildman–Crippen MR) is 608 cm³/mol. The average molecular weight is 2170 g/mol. The van der Waals surface area contributed by atoms with Crippen molar-refractivity contribution in [3.05, 3.63) is 298 Å². The summed E-state index contributed by atoms with van der Waals surface area (Å²) in [5.41, 5.74) is 27.3. The number of allylic oxidation sites excluding steroid dienone is 7. The van der Waals surface area contributed by atoms with E-state index in [2.05, 4.69) is 364 Å². The number of rotatable bonds is 43. The first-order chi connectivity index (χ1) is 66.9. The first-order valence-corrected chi connectivity index (χ1v) is 66.4. The zero-order chi connectivity index (χ0) is 105. The number of aryl methyl sites for hydroxylation is 1. The minimum atomic E-state index is -1.93. The van der Waals surface area contributed by atoms with Gasteiger partial charge in [-0.15, -0.1) is 6.58 Å². The molecule has 0 bridgehead atoms. The molecule has 0 heterocycles. The summed E-state index contributed by atoms with van der Waals surface area (Å²) in [5.74, 6) is 3.28. The Morgan fingerprint density at radius 1 is 0.338 bits per heavy atom. The zero-order valence-corrected chi connectivity index (χ0v) is 102. The van der Waals surface area contributed by atoms with Crippen molar-refractivity contribution >= 4 is 151 Å². The largest absolute Gasteiger partial charge is 1.00 e. The molecule has 0 fully saturated rings. The number of nitrogens with one attached hydrogen (secondary N) is 2. The summed E-state index contributed by atoms with van der Waals surface area (Å²) in [6, 6.07) is 77.4. The molecule has 2 N–H and O–H groups in total. The second-order valence-corrected chi connectivity index (χ2v) is 59.2. The van der Waals surface area contributed by atoms with Crippen LogP contribution in [-0.4, -0.2) is 253 Å². The molecule has 0 saturated heterocycles. The van der Waals surface area contributed by atoms with Crippen LogP contribution in [-0.2, 0) is 96.6 Å². The van der Waals surface area contributed by atoms with Crippen LogP contribution in [0.5, 0.6) is 0 Å². The molecule has 0 spiro atoms. The monoisotopic (exact) mass is 2160 g/mol. The maximum absolute atomic E-state index is 8.40. The number of hydrogen-bond acceptors (Lipinski definition) is 22. The highest BCUT2D eigenvalue weighted by Gasteiger charge is 2.32. The lowest BCUT2D eigenvalue weighted by Crippen LogP contribution is -3.00. The van der Waals surface area contributed by atoms with Crippen molar-refractivity contribution in [3.8, 4) is 0 Å². The second kappa shape index (κ2) is 73.8. The summed E-state index contributed by atoms with van der Waals surface area (Å²) in [6.45, 7) is 26.3. The molecular formula is C108H168Cl2N6O16S2Si8. The fourth-order valence-corrected chi connectivity index (χ4v) is 21.4. The number of anilines is 4. The van der Waals surface area contributed by atoms with Crippen LogP contribution in [0.1, 0.15) is 114 Å². The molecule has 2 aliphatic rings. The molecule has 0 aromatic heterocycles. The molecule has 0 radical (unpaired) electrons. The van der Waals surface area contributed by atoms with Gasteiger partial charge in [-0.1, -0.05) is 167 Å². The molecule has 22 nitrogen and oxygen atoms in total. The van der Waals surface area contributed by atoms with Gasteiger partial charge in [0.1, 0.15) is 13.1 Å². The Morgan fingerprint density at radius 3 is 0.810 bits per heavy atom. The summed E-state index contributed by atoms with van der Waals surface area (Å²) in [4.78, 5) is 16.1. The summed E-state index contributed by atoms with van der Waals surface area (Å²) in [7, 11) is 24.1. The SMILES string of the molecule is C=CCc1ccc(CC[NH+]=C2C=CC(=C(c3ccc(N(C)C)cc3)c3ccc(N(C)C)cc3)c3ccccc32)cc1.CC[Si](C)(OC)OC.CC[Si](C)(OC)OC.CC[Si](C)(OC)OC.CC[Si](C)(OC)OC.CO[Si](C)(CCCS)OC.CO[Si](C)(CCCSCCCc1ccc(CC[NH+]=C2C=CC(=C(c3ccc(N(C)C)cc3)c3ccc(N(C)C)cc3)c3ccccc32)cc1)OC.O=[Si]=O.O=[Si]=O.[Cl-].[Cl-]. The van der Waals surface area contributed by atoms with Crippen molar-refractivity contribution in [3.63, 3.8) is 0 Å². The molecule has 8 aromatic rings. The Balaban J connectivity index is 0.00000191. The number of hydrogen-bond donors (Lipinski definition) is 3. The van der Waals surface area contributed by atoms with E-state index in [1.54, 1.807) is 85.3 Å². The number of benzene rings is 8. The number of halogens is 2. The van der Waals surface area contributed by atoms with Gasteiger partial charge in [0.15, 0.2) is 0 Å². The minimum Gasteiger partial charge on any atom is -1.00 e. The predicted octanol–water partition coefficient (Wildman–Crippen LogP) is 14.0. The van der Waals surface area contributed by atoms with E-state index in [1.165, 1.54) is 135 Å². The molecule has 0 aliphatic heterocycles. The van der Waals surface area contributed by atoms with Gasteiger partial charge in [0.2, 0.25) is 11.4 Å². The topological polar surface area (TPSA) is 220 Å². The standard InChI is InChI=1S/C44H55N3O2SSi.C38H39N3.C6H16O2SSi.4C5H14O2Si.2ClH.2O2Si/c1-46(2)38-23-19-36(20-24-38)44(37-21-25-39(26-22-37)47(3)4)42-27-28-43(41-14-9-8-13-40(41)42)45-30-29-35-17-15-34(16-18-35)12-10-31-50-32-11-33-51(7,48-5)49-6;1-6-9-28-12-14-29(15-13-28)26-27-39-37-25-24-36(34-10-7-8-11-35(34)37)38(30-16-20-32(21-17-30)40(2)3)31-18-22-33(23-19-31)41(4)5;1-7-10(3,8-2)6-4-5-9;4*1-5-8(4,6-2)7-3;;;2*1-3-2/h8-9,13-28H,10-12,29-33H2,1-7H3;6-8,10-25H,1,9,26-27H2,2-5H3;9H,4-6H2,1-3H3;4*5H2,1-4H3;2*1H;;. The summed E-state index contributed by atoms with van der Waals surface area (Å²) in [5, 5.41) is 0. The molecule has 0 amide bonds. The summed E-state index contributed by atoms with van der Waals surface area (Å²) in [6.07, 6.45) is 18.5. The maximum Gasteiger partial charge on any atom is 0.549 e. The van der Waals surface area contributed by atoms with E-state index in [-0.39, 0.29) is 24.8 Å². The lowest BCUT2D eigenvalue weighted by Gasteiger charge is -2.22. The van der Waals surface area contributed by atoms with E-state index in [0.29, 0.717) is 0 Å². The quantitative estimate of drug-likeness (QED) is 0.0140. The van der Waals surface area contributed by atoms with Gasteiger partial charge < -0.3 is 97.5 Å². The molecule has 0 atom stereocenters. The lowest BCUT2D eigenvalue weighted by molar-refractivity contribution is -0.455. The number of nitrogens with zero attached hydrogens (tertiary/aromatic N) is 4. The van der Waals surface area contributed by atoms with Gasteiger partial charge in [-0.3, -0.25) is 17.8 Å². The highest BCUT2D eigenvalue weighted by Crippen LogP contribution is 2.40. The van der Waals surface area contributed by atoms with Crippen LogP contribution >= 0.6 is 24.4 Å². The van der Waals surface area contributed by atoms with E-state index in [4.69, 9.17) is 71.0 Å². The molecule has 34 heteroatoms. The second-order valence-electron chi connectivity index (χ2n) is 34.9. The summed E-state index contributed by atoms with van der Waals surface area (Å²) < 4.78 is 96.6. The average Bonchev–Trinajstić information content (AvgIpc) is 0.770. The highest BCUT2D eigenvalue weighted by molar-refractivity contribution is 7.99. The third-order valence-electron chi connectivity index (χ3n) is 25.2. The maximum atomic E-state index is 8.40. The first kappa shape index (κ1) is 135. The van der Waals surface area contributed by atoms with Gasteiger partial charge in [0.05, 0.1) is 11.1 Å². The molecule has 784 valence electrons. The van der Waals surface area contributed by atoms with Crippen LogP contribution in [0.15, 0.2) is 231 Å². The smallest absolute Gasteiger partial charge is 0.549 e. The van der Waals surface area contributed by atoms with Gasteiger partial charge in [-0.25, -0.2) is 9.98 Å². The Labute approximate surface area is 887 Å². The minimum absolute atomic E-state index is 0. The van der Waals surface area contributed by atoms with Crippen molar-refractivity contribution in [1.82, 2.24) is 0 Å².